The zero-order valence-corrected chi connectivity index (χ0v) is 18.7. The van der Waals surface area contributed by atoms with E-state index in [1.807, 2.05) is 30.3 Å². The van der Waals surface area contributed by atoms with Gasteiger partial charge >= 0.3 is 0 Å². The van der Waals surface area contributed by atoms with Gasteiger partial charge < -0.3 is 15.0 Å². The summed E-state index contributed by atoms with van der Waals surface area (Å²) in [5, 5.41) is 2.70. The molecule has 3 aromatic rings. The van der Waals surface area contributed by atoms with Crippen molar-refractivity contribution in [1.82, 2.24) is 10.2 Å². The number of hydrogen-bond donors (Lipinski definition) is 1. The highest BCUT2D eigenvalue weighted by Gasteiger charge is 2.25. The monoisotopic (exact) mass is 428 g/mol. The van der Waals surface area contributed by atoms with Gasteiger partial charge in [-0.25, -0.2) is 0 Å². The molecule has 0 aliphatic carbocycles. The van der Waals surface area contributed by atoms with E-state index >= 15 is 0 Å². The summed E-state index contributed by atoms with van der Waals surface area (Å²) in [7, 11) is 1.67. The van der Waals surface area contributed by atoms with Crippen LogP contribution in [0.3, 0.4) is 0 Å². The summed E-state index contributed by atoms with van der Waals surface area (Å²) in [5.74, 6) is -0.0360. The van der Waals surface area contributed by atoms with Gasteiger partial charge in [-0.05, 0) is 54.6 Å². The summed E-state index contributed by atoms with van der Waals surface area (Å²) >= 11 is 0. The van der Waals surface area contributed by atoms with E-state index in [0.29, 0.717) is 0 Å². The zero-order chi connectivity index (χ0) is 22.2. The van der Waals surface area contributed by atoms with Gasteiger partial charge in [0.25, 0.3) is 5.91 Å². The molecule has 1 N–H and O–H groups in total. The van der Waals surface area contributed by atoms with Crippen molar-refractivity contribution in [3.05, 3.63) is 107 Å². The summed E-state index contributed by atoms with van der Waals surface area (Å²) in [6.45, 7) is 3.00. The highest BCUT2D eigenvalue weighted by Crippen LogP contribution is 2.29. The Morgan fingerprint density at radius 1 is 1.00 bits per heavy atom. The number of carbonyl (C=O) groups is 1. The quantitative estimate of drug-likeness (QED) is 0.557. The molecule has 0 saturated carbocycles. The van der Waals surface area contributed by atoms with E-state index in [4.69, 9.17) is 4.74 Å². The van der Waals surface area contributed by atoms with Crippen LogP contribution in [0.2, 0.25) is 0 Å². The third-order valence-electron chi connectivity index (χ3n) is 6.13. The Kier molecular flexibility index (Phi) is 7.70. The molecule has 0 spiro atoms. The first-order valence-corrected chi connectivity index (χ1v) is 11.5. The van der Waals surface area contributed by atoms with E-state index in [9.17, 15) is 4.79 Å². The lowest BCUT2D eigenvalue weighted by Crippen LogP contribution is -2.41. The third-order valence-corrected chi connectivity index (χ3v) is 6.13. The molecule has 1 amide bonds. The molecule has 1 unspecified atom stereocenters. The van der Waals surface area contributed by atoms with Crippen molar-refractivity contribution in [2.24, 2.45) is 0 Å². The van der Waals surface area contributed by atoms with Gasteiger partial charge in [0, 0.05) is 25.7 Å². The fourth-order valence-corrected chi connectivity index (χ4v) is 4.42. The molecule has 4 heteroatoms. The van der Waals surface area contributed by atoms with Crippen LogP contribution in [-0.2, 0) is 11.2 Å². The number of piperidine rings is 1. The fourth-order valence-electron chi connectivity index (χ4n) is 4.42. The van der Waals surface area contributed by atoms with Crippen LogP contribution in [-0.4, -0.2) is 43.6 Å². The van der Waals surface area contributed by atoms with Crippen molar-refractivity contribution in [1.29, 1.82) is 0 Å². The van der Waals surface area contributed by atoms with Crippen LogP contribution in [0.15, 0.2) is 84.9 Å². The van der Waals surface area contributed by atoms with Crippen molar-refractivity contribution in [2.75, 3.05) is 26.7 Å². The normalized spacial score (nSPS) is 16.8. The molecule has 3 aromatic carbocycles. The summed E-state index contributed by atoms with van der Waals surface area (Å²) in [6.07, 6.45) is 3.30. The maximum Gasteiger partial charge on any atom is 0.251 e. The lowest BCUT2D eigenvalue weighted by atomic mass is 10.00. The SMILES string of the molecule is CNC(=O)c1cccc(CCN2CCCC(OC(c3ccccc3)c3ccccc3)C2)c1. The Morgan fingerprint density at radius 2 is 1.69 bits per heavy atom. The molecule has 1 fully saturated rings. The van der Waals surface area contributed by atoms with E-state index in [1.165, 1.54) is 16.7 Å². The molecule has 0 aromatic heterocycles. The largest absolute Gasteiger partial charge is 0.364 e. The zero-order valence-electron chi connectivity index (χ0n) is 18.7. The highest BCUT2D eigenvalue weighted by atomic mass is 16.5. The van der Waals surface area contributed by atoms with Crippen molar-refractivity contribution in [2.45, 2.75) is 31.5 Å². The van der Waals surface area contributed by atoms with Gasteiger partial charge in [0.2, 0.25) is 0 Å². The number of hydrogen-bond acceptors (Lipinski definition) is 3. The lowest BCUT2D eigenvalue weighted by Gasteiger charge is -2.35. The second-order valence-corrected chi connectivity index (χ2v) is 8.43. The van der Waals surface area contributed by atoms with Gasteiger partial charge in [-0.2, -0.15) is 0 Å². The number of benzene rings is 3. The average molecular weight is 429 g/mol. The first-order valence-electron chi connectivity index (χ1n) is 11.5. The number of likely N-dealkylation sites (tertiary alicyclic amines) is 1. The predicted molar refractivity (Wildman–Crippen MR) is 129 cm³/mol. The first-order chi connectivity index (χ1) is 15.7. The van der Waals surface area contributed by atoms with Crippen molar-refractivity contribution < 1.29 is 9.53 Å². The maximum absolute atomic E-state index is 11.9. The Labute approximate surface area is 191 Å². The summed E-state index contributed by atoms with van der Waals surface area (Å²) in [6, 6.07) is 28.9. The number of rotatable bonds is 8. The Hall–Kier alpha value is -2.95. The van der Waals surface area contributed by atoms with Crippen LogP contribution < -0.4 is 5.32 Å². The molecule has 0 bridgehead atoms. The number of nitrogens with one attached hydrogen (secondary N) is 1. The fraction of sp³-hybridized carbons (Fsp3) is 0.321. The Bertz CT molecular complexity index is 951. The van der Waals surface area contributed by atoms with E-state index in [1.54, 1.807) is 7.05 Å². The Morgan fingerprint density at radius 3 is 2.34 bits per heavy atom. The molecule has 0 radical (unpaired) electrons. The summed E-state index contributed by atoms with van der Waals surface area (Å²) < 4.78 is 6.72. The molecule has 166 valence electrons. The predicted octanol–water partition coefficient (Wildman–Crippen LogP) is 4.86. The van der Waals surface area contributed by atoms with Crippen LogP contribution in [0, 0.1) is 0 Å². The van der Waals surface area contributed by atoms with Gasteiger partial charge in [-0.1, -0.05) is 72.8 Å². The second-order valence-electron chi connectivity index (χ2n) is 8.43. The number of nitrogens with zero attached hydrogens (tertiary/aromatic N) is 1. The minimum absolute atomic E-state index is 0.0360. The molecule has 1 aliphatic rings. The van der Waals surface area contributed by atoms with Gasteiger partial charge in [0.15, 0.2) is 0 Å². The maximum atomic E-state index is 11.9. The molecule has 1 atom stereocenters. The molecule has 1 aliphatic heterocycles. The molecule has 4 rings (SSSR count). The van der Waals surface area contributed by atoms with E-state index < -0.39 is 0 Å². The van der Waals surface area contributed by atoms with Crippen molar-refractivity contribution in [3.8, 4) is 0 Å². The average Bonchev–Trinajstić information content (AvgIpc) is 2.87. The minimum atomic E-state index is -0.0495. The van der Waals surface area contributed by atoms with Crippen molar-refractivity contribution in [3.63, 3.8) is 0 Å². The number of ether oxygens (including phenoxy) is 1. The van der Waals surface area contributed by atoms with Crippen LogP contribution >= 0.6 is 0 Å². The number of carbonyl (C=O) groups excluding carboxylic acids is 1. The van der Waals surface area contributed by atoms with Crippen LogP contribution in [0.25, 0.3) is 0 Å². The van der Waals surface area contributed by atoms with Crippen LogP contribution in [0.4, 0.5) is 0 Å². The van der Waals surface area contributed by atoms with Gasteiger partial charge in [0.05, 0.1) is 6.10 Å². The molecule has 1 heterocycles. The van der Waals surface area contributed by atoms with Crippen LogP contribution in [0.5, 0.6) is 0 Å². The summed E-state index contributed by atoms with van der Waals surface area (Å²) in [5.41, 5.74) is 4.31. The van der Waals surface area contributed by atoms with E-state index in [-0.39, 0.29) is 18.1 Å². The standard InChI is InChI=1S/C28H32N2O2/c1-29-28(31)25-15-8-10-22(20-25)17-19-30-18-9-16-26(21-30)32-27(23-11-4-2-5-12-23)24-13-6-3-7-14-24/h2-8,10-15,20,26-27H,9,16-19,21H2,1H3,(H,29,31). The van der Waals surface area contributed by atoms with Gasteiger partial charge in [-0.3, -0.25) is 4.79 Å². The number of amides is 1. The van der Waals surface area contributed by atoms with Crippen molar-refractivity contribution >= 4 is 5.91 Å². The first kappa shape index (κ1) is 22.3. The molecular weight excluding hydrogens is 396 g/mol. The third kappa shape index (κ3) is 5.84. The Balaban J connectivity index is 1.39. The van der Waals surface area contributed by atoms with E-state index in [0.717, 1.165) is 44.5 Å². The summed E-state index contributed by atoms with van der Waals surface area (Å²) in [4.78, 5) is 14.4. The second kappa shape index (κ2) is 11.1. The smallest absolute Gasteiger partial charge is 0.251 e. The highest BCUT2D eigenvalue weighted by molar-refractivity contribution is 5.94. The lowest BCUT2D eigenvalue weighted by molar-refractivity contribution is -0.0330. The molecule has 1 saturated heterocycles. The van der Waals surface area contributed by atoms with Gasteiger partial charge in [0.1, 0.15) is 6.10 Å². The molecule has 32 heavy (non-hydrogen) atoms. The molecule has 4 nitrogen and oxygen atoms in total. The van der Waals surface area contributed by atoms with E-state index in [2.05, 4.69) is 64.8 Å². The molecular formula is C28H32N2O2. The minimum Gasteiger partial charge on any atom is -0.364 e. The van der Waals surface area contributed by atoms with Crippen LogP contribution in [0.1, 0.15) is 46.0 Å². The van der Waals surface area contributed by atoms with Gasteiger partial charge in [-0.15, -0.1) is 0 Å². The topological polar surface area (TPSA) is 41.6 Å².